The van der Waals surface area contributed by atoms with Crippen molar-refractivity contribution >= 4 is 52.2 Å². The Morgan fingerprint density at radius 1 is 1.08 bits per heavy atom. The molecular formula is C16H14Cl2N4O4. The van der Waals surface area contributed by atoms with Crippen LogP contribution in [-0.2, 0) is 4.79 Å². The van der Waals surface area contributed by atoms with E-state index in [0.717, 1.165) is 4.90 Å². The van der Waals surface area contributed by atoms with E-state index in [-0.39, 0.29) is 17.9 Å². The van der Waals surface area contributed by atoms with Crippen molar-refractivity contribution < 1.29 is 14.5 Å². The zero-order chi connectivity index (χ0) is 19.3. The molecular weight excluding hydrogens is 383 g/mol. The second-order valence-electron chi connectivity index (χ2n) is 5.27. The minimum Gasteiger partial charge on any atom is -0.324 e. The zero-order valence-corrected chi connectivity index (χ0v) is 15.0. The van der Waals surface area contributed by atoms with Crippen LogP contribution in [0.5, 0.6) is 0 Å². The SMILES string of the molecule is CN(CC(=O)Nc1ccc(Cl)c(Cl)c1)C(=O)Nc1cccc([N+](=O)[O-])c1. The summed E-state index contributed by atoms with van der Waals surface area (Å²) < 4.78 is 0. The molecule has 2 aromatic carbocycles. The van der Waals surface area contributed by atoms with Crippen molar-refractivity contribution in [2.45, 2.75) is 0 Å². The van der Waals surface area contributed by atoms with Crippen molar-refractivity contribution in [2.75, 3.05) is 24.2 Å². The molecule has 26 heavy (non-hydrogen) atoms. The molecule has 2 N–H and O–H groups in total. The van der Waals surface area contributed by atoms with E-state index in [2.05, 4.69) is 10.6 Å². The second kappa shape index (κ2) is 8.50. The first kappa shape index (κ1) is 19.5. The minimum atomic E-state index is -0.588. The van der Waals surface area contributed by atoms with Gasteiger partial charge >= 0.3 is 6.03 Å². The third-order valence-electron chi connectivity index (χ3n) is 3.24. The summed E-state index contributed by atoms with van der Waals surface area (Å²) in [6.07, 6.45) is 0. The van der Waals surface area contributed by atoms with Gasteiger partial charge in [-0.3, -0.25) is 14.9 Å². The molecule has 0 saturated carbocycles. The molecule has 0 fully saturated rings. The fourth-order valence-corrected chi connectivity index (χ4v) is 2.28. The standard InChI is InChI=1S/C16H14Cl2N4O4/c1-21(9-15(23)19-11-5-6-13(17)14(18)8-11)16(24)20-10-3-2-4-12(7-10)22(25)26/h2-8H,9H2,1H3,(H,19,23)(H,20,24). The smallest absolute Gasteiger partial charge is 0.322 e. The summed E-state index contributed by atoms with van der Waals surface area (Å²) in [7, 11) is 1.42. The van der Waals surface area contributed by atoms with Crippen LogP contribution in [-0.4, -0.2) is 35.4 Å². The molecule has 0 atom stereocenters. The summed E-state index contributed by atoms with van der Waals surface area (Å²) >= 11 is 11.7. The summed E-state index contributed by atoms with van der Waals surface area (Å²) in [5.74, 6) is -0.444. The highest BCUT2D eigenvalue weighted by atomic mass is 35.5. The van der Waals surface area contributed by atoms with Crippen LogP contribution in [0.1, 0.15) is 0 Å². The first-order valence-electron chi connectivity index (χ1n) is 7.27. The molecule has 8 nitrogen and oxygen atoms in total. The normalized spacial score (nSPS) is 10.1. The lowest BCUT2D eigenvalue weighted by atomic mass is 10.3. The van der Waals surface area contributed by atoms with Crippen molar-refractivity contribution in [3.63, 3.8) is 0 Å². The van der Waals surface area contributed by atoms with Gasteiger partial charge < -0.3 is 15.5 Å². The van der Waals surface area contributed by atoms with E-state index in [0.29, 0.717) is 15.7 Å². The van der Waals surface area contributed by atoms with Gasteiger partial charge in [-0.05, 0) is 24.3 Å². The predicted molar refractivity (Wildman–Crippen MR) is 99.8 cm³/mol. The average Bonchev–Trinajstić information content (AvgIpc) is 2.58. The molecule has 0 aliphatic heterocycles. The predicted octanol–water partition coefficient (Wildman–Crippen LogP) is 4.00. The Balaban J connectivity index is 1.93. The number of nitrogens with zero attached hydrogens (tertiary/aromatic N) is 2. The van der Waals surface area contributed by atoms with Crippen LogP contribution in [0.3, 0.4) is 0 Å². The maximum atomic E-state index is 12.1. The number of non-ortho nitro benzene ring substituents is 1. The van der Waals surface area contributed by atoms with Crippen LogP contribution >= 0.6 is 23.2 Å². The van der Waals surface area contributed by atoms with Gasteiger partial charge in [0, 0.05) is 30.6 Å². The van der Waals surface area contributed by atoms with Gasteiger partial charge in [0.1, 0.15) is 6.54 Å². The van der Waals surface area contributed by atoms with Gasteiger partial charge in [-0.15, -0.1) is 0 Å². The quantitative estimate of drug-likeness (QED) is 0.588. The summed E-state index contributed by atoms with van der Waals surface area (Å²) in [5.41, 5.74) is 0.542. The van der Waals surface area contributed by atoms with Crippen LogP contribution < -0.4 is 10.6 Å². The van der Waals surface area contributed by atoms with E-state index in [1.165, 1.54) is 43.4 Å². The molecule has 0 aliphatic rings. The maximum absolute atomic E-state index is 12.1. The van der Waals surface area contributed by atoms with Crippen molar-refractivity contribution in [3.8, 4) is 0 Å². The molecule has 0 heterocycles. The Labute approximate surface area is 158 Å². The largest absolute Gasteiger partial charge is 0.324 e. The monoisotopic (exact) mass is 396 g/mol. The van der Waals surface area contributed by atoms with Crippen LogP contribution in [0.2, 0.25) is 10.0 Å². The molecule has 0 spiro atoms. The van der Waals surface area contributed by atoms with E-state index in [9.17, 15) is 19.7 Å². The van der Waals surface area contributed by atoms with Gasteiger partial charge in [0.25, 0.3) is 5.69 Å². The minimum absolute atomic E-state index is 0.150. The molecule has 0 unspecified atom stereocenters. The van der Waals surface area contributed by atoms with Gasteiger partial charge in [0.2, 0.25) is 5.91 Å². The number of nitro groups is 1. The molecule has 136 valence electrons. The second-order valence-corrected chi connectivity index (χ2v) is 6.09. The zero-order valence-electron chi connectivity index (χ0n) is 13.5. The van der Waals surface area contributed by atoms with E-state index in [4.69, 9.17) is 23.2 Å². The highest BCUT2D eigenvalue weighted by Crippen LogP contribution is 2.25. The number of hydrogen-bond donors (Lipinski definition) is 2. The molecule has 0 saturated heterocycles. The van der Waals surface area contributed by atoms with E-state index in [1.807, 2.05) is 0 Å². The summed E-state index contributed by atoms with van der Waals surface area (Å²) in [6, 6.07) is 9.51. The number of benzene rings is 2. The van der Waals surface area contributed by atoms with Crippen molar-refractivity contribution in [1.29, 1.82) is 0 Å². The topological polar surface area (TPSA) is 105 Å². The first-order chi connectivity index (χ1) is 12.3. The summed E-state index contributed by atoms with van der Waals surface area (Å²) in [4.78, 5) is 35.4. The molecule has 2 aromatic rings. The van der Waals surface area contributed by atoms with Crippen LogP contribution in [0.25, 0.3) is 0 Å². The van der Waals surface area contributed by atoms with E-state index >= 15 is 0 Å². The third kappa shape index (κ3) is 5.33. The number of carbonyl (C=O) groups excluding carboxylic acids is 2. The number of anilines is 2. The number of rotatable bonds is 5. The number of hydrogen-bond acceptors (Lipinski definition) is 4. The Hall–Kier alpha value is -2.84. The maximum Gasteiger partial charge on any atom is 0.322 e. The molecule has 10 heteroatoms. The first-order valence-corrected chi connectivity index (χ1v) is 8.03. The Bertz CT molecular complexity index is 860. The Morgan fingerprint density at radius 2 is 1.77 bits per heavy atom. The van der Waals surface area contributed by atoms with Crippen molar-refractivity contribution in [1.82, 2.24) is 4.90 Å². The highest BCUT2D eigenvalue weighted by Gasteiger charge is 2.15. The lowest BCUT2D eigenvalue weighted by Gasteiger charge is -2.17. The van der Waals surface area contributed by atoms with Gasteiger partial charge in [-0.2, -0.15) is 0 Å². The van der Waals surface area contributed by atoms with Crippen molar-refractivity contribution in [2.24, 2.45) is 0 Å². The average molecular weight is 397 g/mol. The van der Waals surface area contributed by atoms with Gasteiger partial charge in [0.15, 0.2) is 0 Å². The summed E-state index contributed by atoms with van der Waals surface area (Å²) in [6.45, 7) is -0.235. The molecule has 2 rings (SSSR count). The number of carbonyl (C=O) groups is 2. The number of urea groups is 1. The van der Waals surface area contributed by atoms with Gasteiger partial charge in [0.05, 0.1) is 15.0 Å². The Kier molecular flexibility index (Phi) is 6.37. The number of halogens is 2. The number of nitro benzene ring substituents is 1. The highest BCUT2D eigenvalue weighted by molar-refractivity contribution is 6.42. The third-order valence-corrected chi connectivity index (χ3v) is 3.98. The number of likely N-dealkylation sites (N-methyl/N-ethyl adjacent to an activating group) is 1. The molecule has 0 aliphatic carbocycles. The van der Waals surface area contributed by atoms with Crippen molar-refractivity contribution in [3.05, 3.63) is 62.6 Å². The van der Waals surface area contributed by atoms with Crippen LogP contribution in [0.4, 0.5) is 21.9 Å². The molecule has 0 aromatic heterocycles. The number of nitrogens with one attached hydrogen (secondary N) is 2. The Morgan fingerprint density at radius 3 is 2.42 bits per heavy atom. The fourth-order valence-electron chi connectivity index (χ4n) is 1.98. The lowest BCUT2D eigenvalue weighted by molar-refractivity contribution is -0.384. The molecule has 3 amide bonds. The van der Waals surface area contributed by atoms with Crippen LogP contribution in [0, 0.1) is 10.1 Å². The van der Waals surface area contributed by atoms with Gasteiger partial charge in [-0.25, -0.2) is 4.79 Å². The molecule has 0 bridgehead atoms. The van der Waals surface area contributed by atoms with E-state index < -0.39 is 16.9 Å². The van der Waals surface area contributed by atoms with E-state index in [1.54, 1.807) is 6.07 Å². The fraction of sp³-hybridized carbons (Fsp3) is 0.125. The number of amides is 3. The lowest BCUT2D eigenvalue weighted by Crippen LogP contribution is -2.37. The molecule has 0 radical (unpaired) electrons. The van der Waals surface area contributed by atoms with Gasteiger partial charge in [-0.1, -0.05) is 29.3 Å². The summed E-state index contributed by atoms with van der Waals surface area (Å²) in [5, 5.41) is 16.5. The van der Waals surface area contributed by atoms with Crippen LogP contribution in [0.15, 0.2) is 42.5 Å².